The Morgan fingerprint density at radius 2 is 2.00 bits per heavy atom. The fourth-order valence-corrected chi connectivity index (χ4v) is 1.72. The van der Waals surface area contributed by atoms with Crippen molar-refractivity contribution in [3.05, 3.63) is 59.2 Å². The summed E-state index contributed by atoms with van der Waals surface area (Å²) in [6, 6.07) is 5.93. The Hall–Kier alpha value is -2.43. The minimum Gasteiger partial charge on any atom is -0.319 e. The molecule has 3 aromatic rings. The molecule has 2 heterocycles. The molecule has 0 aliphatic rings. The third kappa shape index (κ3) is 1.61. The van der Waals surface area contributed by atoms with E-state index < -0.39 is 0 Å². The highest BCUT2D eigenvalue weighted by Gasteiger charge is 2.04. The summed E-state index contributed by atoms with van der Waals surface area (Å²) in [5.74, 6) is -0.306. The van der Waals surface area contributed by atoms with Gasteiger partial charge in [0.2, 0.25) is 0 Å². The molecule has 0 aliphatic heterocycles. The lowest BCUT2D eigenvalue weighted by Gasteiger charge is -2.02. The number of nitrogens with one attached hydrogen (secondary N) is 1. The van der Waals surface area contributed by atoms with Crippen LogP contribution in [0.25, 0.3) is 16.8 Å². The van der Waals surface area contributed by atoms with Crippen LogP contribution in [0.1, 0.15) is 0 Å². The highest BCUT2D eigenvalue weighted by atomic mass is 19.1. The molecule has 17 heavy (non-hydrogen) atoms. The van der Waals surface area contributed by atoms with Gasteiger partial charge in [-0.25, -0.2) is 9.37 Å². The lowest BCUT2D eigenvalue weighted by Crippen LogP contribution is -2.09. The van der Waals surface area contributed by atoms with Crippen molar-refractivity contribution in [2.75, 3.05) is 0 Å². The van der Waals surface area contributed by atoms with Crippen LogP contribution in [0.3, 0.4) is 0 Å². The van der Waals surface area contributed by atoms with E-state index in [1.54, 1.807) is 29.1 Å². The summed E-state index contributed by atoms with van der Waals surface area (Å²) in [6.07, 6.45) is 4.79. The molecule has 0 saturated carbocycles. The van der Waals surface area contributed by atoms with Crippen molar-refractivity contribution in [2.45, 2.75) is 0 Å². The number of benzene rings is 1. The van der Waals surface area contributed by atoms with Crippen molar-refractivity contribution < 1.29 is 4.39 Å². The average molecular weight is 229 g/mol. The molecule has 1 N–H and O–H groups in total. The Labute approximate surface area is 95.4 Å². The van der Waals surface area contributed by atoms with Crippen LogP contribution in [0.15, 0.2) is 47.8 Å². The zero-order valence-electron chi connectivity index (χ0n) is 8.72. The van der Waals surface area contributed by atoms with E-state index in [-0.39, 0.29) is 11.4 Å². The van der Waals surface area contributed by atoms with Crippen LogP contribution in [-0.4, -0.2) is 14.4 Å². The average Bonchev–Trinajstić information content (AvgIpc) is 2.78. The summed E-state index contributed by atoms with van der Waals surface area (Å²) in [5.41, 5.74) is 1.64. The van der Waals surface area contributed by atoms with E-state index in [1.807, 2.05) is 0 Å². The van der Waals surface area contributed by atoms with Crippen LogP contribution in [0.4, 0.5) is 4.39 Å². The molecule has 0 spiro atoms. The Bertz CT molecular complexity index is 727. The smallest absolute Gasteiger partial charge is 0.274 e. The second-order valence-corrected chi connectivity index (χ2v) is 3.69. The molecule has 0 bridgehead atoms. The molecule has 0 saturated heterocycles. The normalized spacial score (nSPS) is 10.9. The largest absolute Gasteiger partial charge is 0.319 e. The quantitative estimate of drug-likeness (QED) is 0.692. The maximum Gasteiger partial charge on any atom is 0.274 e. The molecule has 0 radical (unpaired) electrons. The Morgan fingerprint density at radius 3 is 2.76 bits per heavy atom. The zero-order valence-corrected chi connectivity index (χ0v) is 8.72. The number of hydrogen-bond acceptors (Lipinski definition) is 2. The standard InChI is InChI=1S/C12H8FN3O/c13-9-3-1-8(2-4-9)10-6-16-7-14-5-11(16)12(17)15-10/h1-7H,(H,15,17). The third-order valence-corrected chi connectivity index (χ3v) is 2.57. The van der Waals surface area contributed by atoms with Gasteiger partial charge in [0, 0.05) is 6.20 Å². The second kappa shape index (κ2) is 3.55. The van der Waals surface area contributed by atoms with E-state index in [9.17, 15) is 9.18 Å². The van der Waals surface area contributed by atoms with Gasteiger partial charge in [0.1, 0.15) is 11.3 Å². The number of rotatable bonds is 1. The van der Waals surface area contributed by atoms with Crippen molar-refractivity contribution in [1.82, 2.24) is 14.4 Å². The maximum atomic E-state index is 12.8. The minimum atomic E-state index is -0.306. The minimum absolute atomic E-state index is 0.218. The van der Waals surface area contributed by atoms with E-state index in [0.717, 1.165) is 5.56 Å². The predicted molar refractivity (Wildman–Crippen MR) is 61.2 cm³/mol. The molecule has 0 amide bonds. The third-order valence-electron chi connectivity index (χ3n) is 2.57. The van der Waals surface area contributed by atoms with Gasteiger partial charge in [-0.05, 0) is 29.8 Å². The lowest BCUT2D eigenvalue weighted by atomic mass is 10.1. The molecule has 4 nitrogen and oxygen atoms in total. The van der Waals surface area contributed by atoms with Gasteiger partial charge in [-0.15, -0.1) is 0 Å². The van der Waals surface area contributed by atoms with Crippen LogP contribution in [0, 0.1) is 5.82 Å². The molecule has 2 aromatic heterocycles. The van der Waals surface area contributed by atoms with Crippen LogP contribution >= 0.6 is 0 Å². The second-order valence-electron chi connectivity index (χ2n) is 3.69. The van der Waals surface area contributed by atoms with Crippen LogP contribution in [0.2, 0.25) is 0 Å². The number of aromatic amines is 1. The summed E-state index contributed by atoms with van der Waals surface area (Å²) in [4.78, 5) is 18.3. The number of nitrogens with zero attached hydrogens (tertiary/aromatic N) is 2. The van der Waals surface area contributed by atoms with Crippen LogP contribution in [0.5, 0.6) is 0 Å². The molecule has 0 atom stereocenters. The van der Waals surface area contributed by atoms with Crippen molar-refractivity contribution >= 4 is 5.52 Å². The first-order valence-corrected chi connectivity index (χ1v) is 5.05. The van der Waals surface area contributed by atoms with Gasteiger partial charge in [0.25, 0.3) is 5.56 Å². The molecule has 0 unspecified atom stereocenters. The maximum absolute atomic E-state index is 12.8. The molecule has 5 heteroatoms. The molecular formula is C12H8FN3O. The Balaban J connectivity index is 2.23. The monoisotopic (exact) mass is 229 g/mol. The van der Waals surface area contributed by atoms with Crippen molar-refractivity contribution in [3.63, 3.8) is 0 Å². The number of H-pyrrole nitrogens is 1. The number of imidazole rings is 1. The molecule has 0 aliphatic carbocycles. The van der Waals surface area contributed by atoms with E-state index >= 15 is 0 Å². The van der Waals surface area contributed by atoms with Crippen molar-refractivity contribution in [2.24, 2.45) is 0 Å². The topological polar surface area (TPSA) is 50.2 Å². The first kappa shape index (κ1) is 9.77. The lowest BCUT2D eigenvalue weighted by molar-refractivity contribution is 0.628. The summed E-state index contributed by atoms with van der Waals surface area (Å²) in [5, 5.41) is 0. The molecule has 0 fully saturated rings. The first-order valence-electron chi connectivity index (χ1n) is 5.05. The van der Waals surface area contributed by atoms with E-state index in [0.29, 0.717) is 11.2 Å². The van der Waals surface area contributed by atoms with Crippen LogP contribution in [-0.2, 0) is 0 Å². The Morgan fingerprint density at radius 1 is 1.24 bits per heavy atom. The molecular weight excluding hydrogens is 221 g/mol. The summed E-state index contributed by atoms with van der Waals surface area (Å²) < 4.78 is 14.4. The van der Waals surface area contributed by atoms with Gasteiger partial charge in [-0.3, -0.25) is 9.20 Å². The van der Waals surface area contributed by atoms with E-state index in [2.05, 4.69) is 9.97 Å². The summed E-state index contributed by atoms with van der Waals surface area (Å²) >= 11 is 0. The Kier molecular flexibility index (Phi) is 2.04. The van der Waals surface area contributed by atoms with Gasteiger partial charge in [0.15, 0.2) is 0 Å². The zero-order chi connectivity index (χ0) is 11.8. The summed E-state index contributed by atoms with van der Waals surface area (Å²) in [6.45, 7) is 0. The number of fused-ring (bicyclic) bond motifs is 1. The number of aromatic nitrogens is 3. The first-order chi connectivity index (χ1) is 8.24. The highest BCUT2D eigenvalue weighted by Crippen LogP contribution is 2.16. The van der Waals surface area contributed by atoms with E-state index in [1.165, 1.54) is 18.3 Å². The van der Waals surface area contributed by atoms with Crippen molar-refractivity contribution in [1.29, 1.82) is 0 Å². The molecule has 3 rings (SSSR count). The predicted octanol–water partition coefficient (Wildman–Crippen LogP) is 1.83. The van der Waals surface area contributed by atoms with Gasteiger partial charge >= 0.3 is 0 Å². The highest BCUT2D eigenvalue weighted by molar-refractivity contribution is 5.60. The fraction of sp³-hybridized carbons (Fsp3) is 0. The van der Waals surface area contributed by atoms with Crippen molar-refractivity contribution in [3.8, 4) is 11.3 Å². The van der Waals surface area contributed by atoms with Gasteiger partial charge in [-0.2, -0.15) is 0 Å². The van der Waals surface area contributed by atoms with Crippen LogP contribution < -0.4 is 5.56 Å². The SMILES string of the molecule is O=c1[nH]c(-c2ccc(F)cc2)cn2cncc12. The molecule has 84 valence electrons. The van der Waals surface area contributed by atoms with E-state index in [4.69, 9.17) is 0 Å². The van der Waals surface area contributed by atoms with Gasteiger partial charge < -0.3 is 4.98 Å². The fourth-order valence-electron chi connectivity index (χ4n) is 1.72. The van der Waals surface area contributed by atoms with Gasteiger partial charge in [0.05, 0.1) is 18.2 Å². The number of hydrogen-bond donors (Lipinski definition) is 1. The number of halogens is 1. The molecule has 1 aromatic carbocycles. The summed E-state index contributed by atoms with van der Waals surface area (Å²) in [7, 11) is 0. The van der Waals surface area contributed by atoms with Gasteiger partial charge in [-0.1, -0.05) is 0 Å².